The first kappa shape index (κ1) is 21.7. The van der Waals surface area contributed by atoms with E-state index in [0.29, 0.717) is 19.0 Å². The zero-order valence-corrected chi connectivity index (χ0v) is 17.6. The van der Waals surface area contributed by atoms with Gasteiger partial charge < -0.3 is 9.73 Å². The van der Waals surface area contributed by atoms with Crippen LogP contribution in [-0.2, 0) is 13.1 Å². The minimum Gasteiger partial charge on any atom is -0.447 e. The maximum absolute atomic E-state index is 13.7. The van der Waals surface area contributed by atoms with Crippen molar-refractivity contribution in [2.45, 2.75) is 52.4 Å². The van der Waals surface area contributed by atoms with Crippen LogP contribution in [0.4, 0.5) is 4.39 Å². The molecule has 1 N–H and O–H groups in total. The van der Waals surface area contributed by atoms with E-state index in [2.05, 4.69) is 34.3 Å². The Balaban J connectivity index is 1.79. The summed E-state index contributed by atoms with van der Waals surface area (Å²) in [6.45, 7) is 6.96. The molecule has 0 spiro atoms. The van der Waals surface area contributed by atoms with Crippen molar-refractivity contribution in [3.05, 3.63) is 89.4 Å². The van der Waals surface area contributed by atoms with Crippen LogP contribution >= 0.6 is 0 Å². The van der Waals surface area contributed by atoms with Gasteiger partial charge in [0.05, 0.1) is 6.54 Å². The molecule has 0 saturated carbocycles. The number of carbonyl (C=O) groups excluding carboxylic acids is 1. The Bertz CT molecular complexity index is 958. The monoisotopic (exact) mass is 409 g/mol. The number of halogens is 1. The molecular formula is C24H28FN3O2. The van der Waals surface area contributed by atoms with Gasteiger partial charge in [-0.3, -0.25) is 9.69 Å². The highest BCUT2D eigenvalue weighted by molar-refractivity contribution is 5.92. The standard InChI is InChI=1S/C24H28FN3O2/c1-4-17(2)26-24(29)22-16-30-23(27-22)15-28(14-19-9-8-12-21(25)13-19)18(3)20-10-6-5-7-11-20/h5-13,16-18H,4,14-15H2,1-3H3,(H,26,29)/t17-,18-/m1/s1. The van der Waals surface area contributed by atoms with E-state index < -0.39 is 0 Å². The number of amides is 1. The lowest BCUT2D eigenvalue weighted by Gasteiger charge is -2.28. The van der Waals surface area contributed by atoms with Crippen LogP contribution in [0.25, 0.3) is 0 Å². The molecule has 158 valence electrons. The topological polar surface area (TPSA) is 58.4 Å². The van der Waals surface area contributed by atoms with Crippen LogP contribution in [0.15, 0.2) is 65.3 Å². The fourth-order valence-corrected chi connectivity index (χ4v) is 3.20. The third-order valence-corrected chi connectivity index (χ3v) is 5.22. The van der Waals surface area contributed by atoms with Crippen molar-refractivity contribution >= 4 is 5.91 Å². The SMILES string of the molecule is CC[C@@H](C)NC(=O)c1coc(CN(Cc2cccc(F)c2)[C@H](C)c2ccccc2)n1. The summed E-state index contributed by atoms with van der Waals surface area (Å²) in [5.74, 6) is -0.0597. The van der Waals surface area contributed by atoms with E-state index in [1.165, 1.54) is 18.4 Å². The first-order valence-electron chi connectivity index (χ1n) is 10.2. The average molecular weight is 410 g/mol. The molecule has 1 amide bonds. The lowest BCUT2D eigenvalue weighted by molar-refractivity contribution is 0.0934. The molecule has 0 aliphatic carbocycles. The minimum atomic E-state index is -0.264. The van der Waals surface area contributed by atoms with Crippen LogP contribution < -0.4 is 5.32 Å². The number of hydrogen-bond donors (Lipinski definition) is 1. The van der Waals surface area contributed by atoms with Crippen molar-refractivity contribution in [3.63, 3.8) is 0 Å². The molecule has 0 bridgehead atoms. The molecule has 2 aromatic carbocycles. The Labute approximate surface area is 176 Å². The number of rotatable bonds is 9. The molecule has 1 aromatic heterocycles. The molecule has 0 saturated heterocycles. The summed E-state index contributed by atoms with van der Waals surface area (Å²) >= 11 is 0. The second-order valence-corrected chi connectivity index (χ2v) is 7.53. The molecular weight excluding hydrogens is 381 g/mol. The maximum Gasteiger partial charge on any atom is 0.273 e. The Morgan fingerprint density at radius 3 is 2.60 bits per heavy atom. The van der Waals surface area contributed by atoms with E-state index in [4.69, 9.17) is 4.42 Å². The third-order valence-electron chi connectivity index (χ3n) is 5.22. The summed E-state index contributed by atoms with van der Waals surface area (Å²) < 4.78 is 19.3. The number of nitrogens with zero attached hydrogens (tertiary/aromatic N) is 2. The molecule has 1 heterocycles. The Kier molecular flexibility index (Phi) is 7.36. The number of nitrogens with one attached hydrogen (secondary N) is 1. The van der Waals surface area contributed by atoms with Gasteiger partial charge in [0.2, 0.25) is 5.89 Å². The molecule has 0 fully saturated rings. The molecule has 0 radical (unpaired) electrons. The number of benzene rings is 2. The van der Waals surface area contributed by atoms with E-state index >= 15 is 0 Å². The minimum absolute atomic E-state index is 0.0405. The molecule has 3 aromatic rings. The van der Waals surface area contributed by atoms with Gasteiger partial charge >= 0.3 is 0 Å². The van der Waals surface area contributed by atoms with Crippen LogP contribution in [0.1, 0.15) is 60.7 Å². The third kappa shape index (κ3) is 5.76. The van der Waals surface area contributed by atoms with Crippen LogP contribution in [0, 0.1) is 5.82 Å². The molecule has 0 aliphatic rings. The van der Waals surface area contributed by atoms with Gasteiger partial charge in [0, 0.05) is 18.6 Å². The highest BCUT2D eigenvalue weighted by atomic mass is 19.1. The van der Waals surface area contributed by atoms with Gasteiger partial charge in [0.25, 0.3) is 5.91 Å². The lowest BCUT2D eigenvalue weighted by Crippen LogP contribution is -2.32. The molecule has 2 atom stereocenters. The number of aromatic nitrogens is 1. The quantitative estimate of drug-likeness (QED) is 0.534. The van der Waals surface area contributed by atoms with E-state index in [9.17, 15) is 9.18 Å². The van der Waals surface area contributed by atoms with Crippen molar-refractivity contribution in [2.24, 2.45) is 0 Å². The zero-order valence-electron chi connectivity index (χ0n) is 17.6. The molecule has 6 heteroatoms. The molecule has 3 rings (SSSR count). The van der Waals surface area contributed by atoms with Gasteiger partial charge in [0.1, 0.15) is 12.1 Å². The molecule has 0 unspecified atom stereocenters. The predicted octanol–water partition coefficient (Wildman–Crippen LogP) is 5.11. The van der Waals surface area contributed by atoms with E-state index in [1.54, 1.807) is 6.07 Å². The zero-order chi connectivity index (χ0) is 21.5. The molecule has 0 aliphatic heterocycles. The normalized spacial score (nSPS) is 13.2. The Morgan fingerprint density at radius 2 is 1.90 bits per heavy atom. The summed E-state index contributed by atoms with van der Waals surface area (Å²) in [4.78, 5) is 18.8. The van der Waals surface area contributed by atoms with Crippen molar-refractivity contribution in [2.75, 3.05) is 0 Å². The van der Waals surface area contributed by atoms with E-state index in [0.717, 1.165) is 17.5 Å². The van der Waals surface area contributed by atoms with E-state index in [-0.39, 0.29) is 29.5 Å². The number of carbonyl (C=O) groups is 1. The number of hydrogen-bond acceptors (Lipinski definition) is 4. The highest BCUT2D eigenvalue weighted by Gasteiger charge is 2.21. The summed E-state index contributed by atoms with van der Waals surface area (Å²) in [5.41, 5.74) is 2.26. The molecule has 30 heavy (non-hydrogen) atoms. The highest BCUT2D eigenvalue weighted by Crippen LogP contribution is 2.24. The maximum atomic E-state index is 13.7. The van der Waals surface area contributed by atoms with Crippen LogP contribution in [0.3, 0.4) is 0 Å². The Morgan fingerprint density at radius 1 is 1.13 bits per heavy atom. The summed E-state index contributed by atoms with van der Waals surface area (Å²) in [6, 6.07) is 16.8. The smallest absolute Gasteiger partial charge is 0.273 e. The summed E-state index contributed by atoms with van der Waals surface area (Å²) in [5, 5.41) is 2.89. The van der Waals surface area contributed by atoms with Gasteiger partial charge in [0.15, 0.2) is 5.69 Å². The van der Waals surface area contributed by atoms with Gasteiger partial charge in [-0.25, -0.2) is 9.37 Å². The van der Waals surface area contributed by atoms with Crippen LogP contribution in [0.5, 0.6) is 0 Å². The van der Waals surface area contributed by atoms with Crippen molar-refractivity contribution in [1.82, 2.24) is 15.2 Å². The first-order valence-corrected chi connectivity index (χ1v) is 10.2. The van der Waals surface area contributed by atoms with E-state index in [1.807, 2.05) is 38.1 Å². The Hall–Kier alpha value is -2.99. The van der Waals surface area contributed by atoms with Gasteiger partial charge in [-0.2, -0.15) is 0 Å². The van der Waals surface area contributed by atoms with Gasteiger partial charge in [-0.15, -0.1) is 0 Å². The van der Waals surface area contributed by atoms with Crippen molar-refractivity contribution < 1.29 is 13.6 Å². The van der Waals surface area contributed by atoms with Gasteiger partial charge in [-0.05, 0) is 43.5 Å². The fraction of sp³-hybridized carbons (Fsp3) is 0.333. The fourth-order valence-electron chi connectivity index (χ4n) is 3.20. The van der Waals surface area contributed by atoms with Crippen molar-refractivity contribution in [1.29, 1.82) is 0 Å². The predicted molar refractivity (Wildman–Crippen MR) is 114 cm³/mol. The second kappa shape index (κ2) is 10.2. The summed E-state index contributed by atoms with van der Waals surface area (Å²) in [7, 11) is 0. The van der Waals surface area contributed by atoms with Gasteiger partial charge in [-0.1, -0.05) is 49.4 Å². The van der Waals surface area contributed by atoms with Crippen LogP contribution in [0.2, 0.25) is 0 Å². The number of oxazole rings is 1. The van der Waals surface area contributed by atoms with Crippen molar-refractivity contribution in [3.8, 4) is 0 Å². The summed E-state index contributed by atoms with van der Waals surface area (Å²) in [6.07, 6.45) is 2.23. The molecule has 5 nitrogen and oxygen atoms in total. The average Bonchev–Trinajstić information content (AvgIpc) is 3.22. The first-order chi connectivity index (χ1) is 14.5. The second-order valence-electron chi connectivity index (χ2n) is 7.53. The largest absolute Gasteiger partial charge is 0.447 e. The lowest BCUT2D eigenvalue weighted by atomic mass is 10.1. The van der Waals surface area contributed by atoms with Crippen LogP contribution in [-0.4, -0.2) is 21.8 Å².